The normalized spacial score (nSPS) is 11.8. The summed E-state index contributed by atoms with van der Waals surface area (Å²) in [6.45, 7) is 1.19. The second kappa shape index (κ2) is 3.52. The van der Waals surface area contributed by atoms with Crippen LogP contribution in [-0.2, 0) is 3.79 Å². The average Bonchev–Trinajstić information content (AvgIpc) is 1.97. The molecule has 0 atom stereocenters. The highest BCUT2D eigenvalue weighted by atomic mass is 35.6. The lowest BCUT2D eigenvalue weighted by Crippen LogP contribution is -2.11. The molecule has 0 aromatic carbocycles. The van der Waals surface area contributed by atoms with E-state index in [1.165, 1.54) is 6.92 Å². The van der Waals surface area contributed by atoms with Crippen molar-refractivity contribution in [2.24, 2.45) is 0 Å². The standard InChI is InChI=1S/C6H3Cl3F2N2/c1-2-3(10)12-5(6(7,8)9)13-4(2)11/h1H3. The van der Waals surface area contributed by atoms with Crippen LogP contribution in [0.15, 0.2) is 0 Å². The predicted molar refractivity (Wildman–Crippen MR) is 45.9 cm³/mol. The average molecular weight is 247 g/mol. The van der Waals surface area contributed by atoms with Crippen LogP contribution < -0.4 is 0 Å². The molecule has 0 amide bonds. The monoisotopic (exact) mass is 246 g/mol. The summed E-state index contributed by atoms with van der Waals surface area (Å²) in [6, 6.07) is 0. The third kappa shape index (κ3) is 2.39. The maximum Gasteiger partial charge on any atom is 0.250 e. The van der Waals surface area contributed by atoms with Gasteiger partial charge >= 0.3 is 0 Å². The van der Waals surface area contributed by atoms with E-state index in [1.54, 1.807) is 0 Å². The summed E-state index contributed by atoms with van der Waals surface area (Å²) in [7, 11) is 0. The SMILES string of the molecule is Cc1c(F)nc(C(Cl)(Cl)Cl)nc1F. The van der Waals surface area contributed by atoms with Gasteiger partial charge in [-0.15, -0.1) is 0 Å². The van der Waals surface area contributed by atoms with E-state index in [-0.39, 0.29) is 5.56 Å². The van der Waals surface area contributed by atoms with Crippen LogP contribution in [-0.4, -0.2) is 9.97 Å². The minimum absolute atomic E-state index is 0.307. The van der Waals surface area contributed by atoms with E-state index in [4.69, 9.17) is 34.8 Å². The van der Waals surface area contributed by atoms with E-state index in [0.717, 1.165) is 0 Å². The first-order valence-corrected chi connectivity index (χ1v) is 4.22. The lowest BCUT2D eigenvalue weighted by Gasteiger charge is -2.09. The summed E-state index contributed by atoms with van der Waals surface area (Å²) in [4.78, 5) is 6.38. The van der Waals surface area contributed by atoms with Crippen LogP contribution in [0.4, 0.5) is 8.78 Å². The Morgan fingerprint density at radius 3 is 1.77 bits per heavy atom. The van der Waals surface area contributed by atoms with Gasteiger partial charge < -0.3 is 0 Å². The number of nitrogens with zero attached hydrogens (tertiary/aromatic N) is 2. The van der Waals surface area contributed by atoms with Crippen molar-refractivity contribution in [3.8, 4) is 0 Å². The highest BCUT2D eigenvalue weighted by Gasteiger charge is 2.28. The smallest absolute Gasteiger partial charge is 0.199 e. The molecule has 1 aromatic rings. The second-order valence-corrected chi connectivity index (χ2v) is 4.53. The van der Waals surface area contributed by atoms with Gasteiger partial charge in [0.1, 0.15) is 0 Å². The molecule has 0 spiro atoms. The van der Waals surface area contributed by atoms with E-state index in [0.29, 0.717) is 0 Å². The molecule has 0 saturated carbocycles. The molecule has 0 N–H and O–H groups in total. The summed E-state index contributed by atoms with van der Waals surface area (Å²) in [5.74, 6) is -2.58. The van der Waals surface area contributed by atoms with Crippen LogP contribution >= 0.6 is 34.8 Å². The summed E-state index contributed by atoms with van der Waals surface area (Å²) < 4.78 is 23.6. The Kier molecular flexibility index (Phi) is 2.95. The largest absolute Gasteiger partial charge is 0.250 e. The lowest BCUT2D eigenvalue weighted by molar-refractivity contribution is 0.499. The molecule has 72 valence electrons. The molecular formula is C6H3Cl3F2N2. The van der Waals surface area contributed by atoms with E-state index in [2.05, 4.69) is 9.97 Å². The Morgan fingerprint density at radius 1 is 1.08 bits per heavy atom. The van der Waals surface area contributed by atoms with Crippen LogP contribution in [0.5, 0.6) is 0 Å². The quantitative estimate of drug-likeness (QED) is 0.520. The molecule has 0 aliphatic rings. The van der Waals surface area contributed by atoms with E-state index < -0.39 is 21.5 Å². The van der Waals surface area contributed by atoms with Gasteiger partial charge in [-0.1, -0.05) is 34.8 Å². The number of hydrogen-bond acceptors (Lipinski definition) is 2. The fourth-order valence-corrected chi connectivity index (χ4v) is 0.844. The van der Waals surface area contributed by atoms with Gasteiger partial charge in [0.15, 0.2) is 5.82 Å². The molecule has 1 aromatic heterocycles. The molecular weight excluding hydrogens is 244 g/mol. The van der Waals surface area contributed by atoms with Crippen LogP contribution in [0.25, 0.3) is 0 Å². The van der Waals surface area contributed by atoms with E-state index >= 15 is 0 Å². The summed E-state index contributed by atoms with van der Waals surface area (Å²) in [5.41, 5.74) is -0.307. The minimum atomic E-state index is -2.02. The molecule has 0 bridgehead atoms. The zero-order chi connectivity index (χ0) is 10.2. The van der Waals surface area contributed by atoms with Crippen molar-refractivity contribution in [1.82, 2.24) is 9.97 Å². The fraction of sp³-hybridized carbons (Fsp3) is 0.333. The zero-order valence-corrected chi connectivity index (χ0v) is 8.55. The van der Waals surface area contributed by atoms with Crippen molar-refractivity contribution >= 4 is 34.8 Å². The van der Waals surface area contributed by atoms with Crippen molar-refractivity contribution in [3.63, 3.8) is 0 Å². The van der Waals surface area contributed by atoms with Crippen molar-refractivity contribution in [1.29, 1.82) is 0 Å². The lowest BCUT2D eigenvalue weighted by atomic mass is 10.4. The van der Waals surface area contributed by atoms with Gasteiger partial charge in [0, 0.05) is 0 Å². The van der Waals surface area contributed by atoms with Gasteiger partial charge in [0.2, 0.25) is 15.7 Å². The number of alkyl halides is 3. The highest BCUT2D eigenvalue weighted by Crippen LogP contribution is 2.35. The number of aromatic nitrogens is 2. The predicted octanol–water partition coefficient (Wildman–Crippen LogP) is 2.89. The Balaban J connectivity index is 3.29. The van der Waals surface area contributed by atoms with Crippen LogP contribution in [0.2, 0.25) is 0 Å². The fourth-order valence-electron chi connectivity index (χ4n) is 0.591. The molecule has 2 nitrogen and oxygen atoms in total. The van der Waals surface area contributed by atoms with Gasteiger partial charge in [-0.25, -0.2) is 0 Å². The second-order valence-electron chi connectivity index (χ2n) is 2.25. The number of halogens is 5. The Bertz CT molecular complexity index is 314. The Morgan fingerprint density at radius 2 is 1.46 bits per heavy atom. The molecule has 0 fully saturated rings. The third-order valence-electron chi connectivity index (χ3n) is 1.28. The third-order valence-corrected chi connectivity index (χ3v) is 1.79. The topological polar surface area (TPSA) is 25.8 Å². The summed E-state index contributed by atoms with van der Waals surface area (Å²) in [6.07, 6.45) is 0. The number of rotatable bonds is 0. The van der Waals surface area contributed by atoms with Crippen LogP contribution in [0.1, 0.15) is 11.4 Å². The molecule has 0 saturated heterocycles. The molecule has 7 heteroatoms. The maximum absolute atomic E-state index is 12.8. The number of hydrogen-bond donors (Lipinski definition) is 0. The Hall–Kier alpha value is -0.190. The zero-order valence-electron chi connectivity index (χ0n) is 6.28. The van der Waals surface area contributed by atoms with Gasteiger partial charge in [-0.2, -0.15) is 18.7 Å². The molecule has 13 heavy (non-hydrogen) atoms. The minimum Gasteiger partial charge on any atom is -0.199 e. The van der Waals surface area contributed by atoms with Gasteiger partial charge in [0.05, 0.1) is 5.56 Å². The first-order valence-electron chi connectivity index (χ1n) is 3.09. The Labute approximate surface area is 87.8 Å². The van der Waals surface area contributed by atoms with Gasteiger partial charge in [-0.05, 0) is 6.92 Å². The first kappa shape index (κ1) is 10.9. The van der Waals surface area contributed by atoms with Gasteiger partial charge in [-0.3, -0.25) is 0 Å². The van der Waals surface area contributed by atoms with Gasteiger partial charge in [0.25, 0.3) is 0 Å². The van der Waals surface area contributed by atoms with E-state index in [9.17, 15) is 8.78 Å². The first-order chi connectivity index (χ1) is 5.82. The molecule has 0 unspecified atom stereocenters. The van der Waals surface area contributed by atoms with Crippen LogP contribution in [0, 0.1) is 18.8 Å². The summed E-state index contributed by atoms with van der Waals surface area (Å²) >= 11 is 16.0. The van der Waals surface area contributed by atoms with Crippen molar-refractivity contribution in [2.45, 2.75) is 10.7 Å². The van der Waals surface area contributed by atoms with Crippen molar-refractivity contribution in [3.05, 3.63) is 23.3 Å². The highest BCUT2D eigenvalue weighted by molar-refractivity contribution is 6.66. The van der Waals surface area contributed by atoms with Crippen molar-refractivity contribution in [2.75, 3.05) is 0 Å². The molecule has 0 aliphatic heterocycles. The molecule has 0 aliphatic carbocycles. The maximum atomic E-state index is 12.8. The molecule has 1 rings (SSSR count). The molecule has 0 radical (unpaired) electrons. The summed E-state index contributed by atoms with van der Waals surface area (Å²) in [5, 5.41) is 0. The van der Waals surface area contributed by atoms with Crippen molar-refractivity contribution < 1.29 is 8.78 Å². The molecule has 1 heterocycles. The van der Waals surface area contributed by atoms with Crippen LogP contribution in [0.3, 0.4) is 0 Å². The van der Waals surface area contributed by atoms with E-state index in [1.807, 2.05) is 0 Å².